The van der Waals surface area contributed by atoms with Crippen molar-refractivity contribution in [2.45, 2.75) is 20.4 Å². The SMILES string of the molecule is COC(=O)c1ccccc1-n1c(C)cc(/C=C(/C#N)C(=O)NCc2ccccc2)c1C. The molecule has 156 valence electrons. The maximum absolute atomic E-state index is 12.5. The quantitative estimate of drug-likeness (QED) is 0.375. The van der Waals surface area contributed by atoms with Crippen LogP contribution < -0.4 is 5.32 Å². The number of carbonyl (C=O) groups is 2. The van der Waals surface area contributed by atoms with E-state index in [1.807, 2.05) is 73.0 Å². The number of benzene rings is 2. The molecule has 0 aliphatic carbocycles. The third kappa shape index (κ3) is 4.73. The number of para-hydroxylation sites is 1. The van der Waals surface area contributed by atoms with Crippen LogP contribution in [0, 0.1) is 25.2 Å². The molecule has 0 saturated carbocycles. The molecule has 6 heteroatoms. The normalized spacial score (nSPS) is 11.0. The number of nitrogens with zero attached hydrogens (tertiary/aromatic N) is 2. The van der Waals surface area contributed by atoms with Gasteiger partial charge in [-0.15, -0.1) is 0 Å². The Labute approximate surface area is 181 Å². The minimum Gasteiger partial charge on any atom is -0.465 e. The van der Waals surface area contributed by atoms with Crippen LogP contribution in [0.25, 0.3) is 11.8 Å². The highest BCUT2D eigenvalue weighted by molar-refractivity contribution is 6.01. The molecule has 2 aromatic carbocycles. The highest BCUT2D eigenvalue weighted by atomic mass is 16.5. The summed E-state index contributed by atoms with van der Waals surface area (Å²) >= 11 is 0. The van der Waals surface area contributed by atoms with Gasteiger partial charge in [0.05, 0.1) is 18.4 Å². The first kappa shape index (κ1) is 21.6. The summed E-state index contributed by atoms with van der Waals surface area (Å²) in [6.07, 6.45) is 1.57. The van der Waals surface area contributed by atoms with Crippen molar-refractivity contribution in [3.8, 4) is 11.8 Å². The monoisotopic (exact) mass is 413 g/mol. The van der Waals surface area contributed by atoms with E-state index >= 15 is 0 Å². The lowest BCUT2D eigenvalue weighted by Crippen LogP contribution is -2.23. The summed E-state index contributed by atoms with van der Waals surface area (Å²) < 4.78 is 6.81. The van der Waals surface area contributed by atoms with Crippen molar-refractivity contribution >= 4 is 18.0 Å². The molecule has 1 heterocycles. The molecular weight excluding hydrogens is 390 g/mol. The minimum atomic E-state index is -0.439. The van der Waals surface area contributed by atoms with Gasteiger partial charge in [0.15, 0.2) is 0 Å². The number of carbonyl (C=O) groups excluding carboxylic acids is 2. The Bertz CT molecular complexity index is 1180. The number of nitriles is 1. The highest BCUT2D eigenvalue weighted by Gasteiger charge is 2.18. The predicted molar refractivity (Wildman–Crippen MR) is 118 cm³/mol. The predicted octanol–water partition coefficient (Wildman–Crippen LogP) is 4.10. The van der Waals surface area contributed by atoms with Crippen LogP contribution in [-0.2, 0) is 16.1 Å². The van der Waals surface area contributed by atoms with Gasteiger partial charge in [-0.1, -0.05) is 42.5 Å². The van der Waals surface area contributed by atoms with E-state index in [2.05, 4.69) is 5.32 Å². The lowest BCUT2D eigenvalue weighted by atomic mass is 10.1. The Hall–Kier alpha value is -4.11. The minimum absolute atomic E-state index is 0.0115. The van der Waals surface area contributed by atoms with Crippen LogP contribution in [0.5, 0.6) is 0 Å². The Kier molecular flexibility index (Phi) is 6.68. The van der Waals surface area contributed by atoms with Crippen molar-refractivity contribution < 1.29 is 14.3 Å². The van der Waals surface area contributed by atoms with E-state index < -0.39 is 11.9 Å². The number of hydrogen-bond donors (Lipinski definition) is 1. The fraction of sp³-hybridized carbons (Fsp3) is 0.160. The lowest BCUT2D eigenvalue weighted by molar-refractivity contribution is -0.117. The summed E-state index contributed by atoms with van der Waals surface area (Å²) in [4.78, 5) is 24.7. The van der Waals surface area contributed by atoms with Crippen LogP contribution in [0.15, 0.2) is 66.2 Å². The van der Waals surface area contributed by atoms with Gasteiger partial charge >= 0.3 is 5.97 Å². The van der Waals surface area contributed by atoms with Gasteiger partial charge in [-0.2, -0.15) is 5.26 Å². The Morgan fingerprint density at radius 3 is 2.45 bits per heavy atom. The van der Waals surface area contributed by atoms with Gasteiger partial charge in [0, 0.05) is 17.9 Å². The van der Waals surface area contributed by atoms with Gasteiger partial charge in [0.25, 0.3) is 5.91 Å². The fourth-order valence-corrected chi connectivity index (χ4v) is 3.43. The van der Waals surface area contributed by atoms with Gasteiger partial charge in [-0.05, 0) is 49.2 Å². The molecule has 0 aliphatic heterocycles. The zero-order chi connectivity index (χ0) is 22.4. The van der Waals surface area contributed by atoms with Crippen LogP contribution in [0.4, 0.5) is 0 Å². The van der Waals surface area contributed by atoms with Gasteiger partial charge < -0.3 is 14.6 Å². The van der Waals surface area contributed by atoms with E-state index in [-0.39, 0.29) is 5.57 Å². The smallest absolute Gasteiger partial charge is 0.339 e. The second kappa shape index (κ2) is 9.59. The third-order valence-electron chi connectivity index (χ3n) is 4.98. The van der Waals surface area contributed by atoms with Gasteiger partial charge in [0.1, 0.15) is 11.6 Å². The summed E-state index contributed by atoms with van der Waals surface area (Å²) in [5.74, 6) is -0.871. The Morgan fingerprint density at radius 2 is 1.77 bits per heavy atom. The number of hydrogen-bond acceptors (Lipinski definition) is 4. The van der Waals surface area contributed by atoms with E-state index in [0.717, 1.165) is 22.5 Å². The third-order valence-corrected chi connectivity index (χ3v) is 4.98. The first-order valence-corrected chi connectivity index (χ1v) is 9.76. The zero-order valence-electron chi connectivity index (χ0n) is 17.7. The summed E-state index contributed by atoms with van der Waals surface area (Å²) in [5, 5.41) is 12.3. The molecule has 3 rings (SSSR count). The van der Waals surface area contributed by atoms with Crippen molar-refractivity contribution in [1.29, 1.82) is 5.26 Å². The molecule has 0 radical (unpaired) electrons. The van der Waals surface area contributed by atoms with Gasteiger partial charge in [0.2, 0.25) is 0 Å². The zero-order valence-corrected chi connectivity index (χ0v) is 17.7. The summed E-state index contributed by atoms with van der Waals surface area (Å²) in [6, 6.07) is 20.5. The van der Waals surface area contributed by atoms with Crippen LogP contribution >= 0.6 is 0 Å². The standard InChI is InChI=1S/C25H23N3O3/c1-17-13-20(14-21(15-26)24(29)27-16-19-9-5-4-6-10-19)18(2)28(17)23-12-8-7-11-22(23)25(30)31-3/h4-14H,16H2,1-3H3,(H,27,29)/b21-14-. The number of ether oxygens (including phenoxy) is 1. The molecule has 0 unspecified atom stereocenters. The van der Waals surface area contributed by atoms with Crippen molar-refractivity contribution in [3.05, 3.63) is 94.3 Å². The molecule has 1 amide bonds. The number of aromatic nitrogens is 1. The first-order chi connectivity index (χ1) is 15.0. The van der Waals surface area contributed by atoms with Crippen molar-refractivity contribution in [1.82, 2.24) is 9.88 Å². The Balaban J connectivity index is 1.92. The maximum Gasteiger partial charge on any atom is 0.339 e. The van der Waals surface area contributed by atoms with Crippen molar-refractivity contribution in [3.63, 3.8) is 0 Å². The lowest BCUT2D eigenvalue weighted by Gasteiger charge is -2.13. The molecular formula is C25H23N3O3. The van der Waals surface area contributed by atoms with E-state index in [1.165, 1.54) is 7.11 Å². The molecule has 1 aromatic heterocycles. The van der Waals surface area contributed by atoms with Crippen LogP contribution in [0.2, 0.25) is 0 Å². The summed E-state index contributed by atoms with van der Waals surface area (Å²) in [5.41, 5.74) is 4.46. The molecule has 6 nitrogen and oxygen atoms in total. The average molecular weight is 413 g/mol. The van der Waals surface area contributed by atoms with Crippen LogP contribution in [-0.4, -0.2) is 23.6 Å². The van der Waals surface area contributed by atoms with E-state index in [9.17, 15) is 14.9 Å². The summed E-state index contributed by atoms with van der Waals surface area (Å²) in [6.45, 7) is 4.12. The van der Waals surface area contributed by atoms with Crippen LogP contribution in [0.3, 0.4) is 0 Å². The van der Waals surface area contributed by atoms with Crippen molar-refractivity contribution in [2.75, 3.05) is 7.11 Å². The molecule has 0 spiro atoms. The topological polar surface area (TPSA) is 84.1 Å². The molecule has 0 aliphatic rings. The number of esters is 1. The maximum atomic E-state index is 12.5. The molecule has 0 atom stereocenters. The largest absolute Gasteiger partial charge is 0.465 e. The molecule has 3 aromatic rings. The van der Waals surface area contributed by atoms with E-state index in [0.29, 0.717) is 17.8 Å². The van der Waals surface area contributed by atoms with Gasteiger partial charge in [-0.25, -0.2) is 4.79 Å². The molecule has 0 bridgehead atoms. The molecule has 1 N–H and O–H groups in total. The number of nitrogens with one attached hydrogen (secondary N) is 1. The number of amides is 1. The van der Waals surface area contributed by atoms with Gasteiger partial charge in [-0.3, -0.25) is 4.79 Å². The Morgan fingerprint density at radius 1 is 1.10 bits per heavy atom. The average Bonchev–Trinajstić information content (AvgIpc) is 3.08. The second-order valence-corrected chi connectivity index (χ2v) is 7.01. The molecule has 0 fully saturated rings. The van der Waals surface area contributed by atoms with Crippen LogP contribution in [0.1, 0.15) is 32.9 Å². The first-order valence-electron chi connectivity index (χ1n) is 9.76. The highest BCUT2D eigenvalue weighted by Crippen LogP contribution is 2.25. The number of aryl methyl sites for hydroxylation is 1. The fourth-order valence-electron chi connectivity index (χ4n) is 3.43. The number of rotatable bonds is 6. The molecule has 31 heavy (non-hydrogen) atoms. The van der Waals surface area contributed by atoms with E-state index in [4.69, 9.17) is 4.74 Å². The number of methoxy groups -OCH3 is 1. The molecule has 0 saturated heterocycles. The second-order valence-electron chi connectivity index (χ2n) is 7.01. The van der Waals surface area contributed by atoms with E-state index in [1.54, 1.807) is 18.2 Å². The summed E-state index contributed by atoms with van der Waals surface area (Å²) in [7, 11) is 1.34. The van der Waals surface area contributed by atoms with Crippen molar-refractivity contribution in [2.24, 2.45) is 0 Å².